The van der Waals surface area contributed by atoms with E-state index in [1.807, 2.05) is 0 Å². The number of hydrogen-bond acceptors (Lipinski definition) is 2. The molecule has 0 heterocycles. The van der Waals surface area contributed by atoms with E-state index in [1.165, 1.54) is 12.1 Å². The summed E-state index contributed by atoms with van der Waals surface area (Å²) in [5.41, 5.74) is 10.5. The smallest absolute Gasteiger partial charge is 0.329 e. The first-order valence-corrected chi connectivity index (χ1v) is 4.56. The third kappa shape index (κ3) is 3.52. The lowest BCUT2D eigenvalue weighted by Gasteiger charge is -2.13. The van der Waals surface area contributed by atoms with Gasteiger partial charge in [-0.2, -0.15) is 13.2 Å². The van der Waals surface area contributed by atoms with Crippen molar-refractivity contribution in [3.8, 4) is 0 Å². The summed E-state index contributed by atoms with van der Waals surface area (Å²) in [4.78, 5) is 0. The van der Waals surface area contributed by atoms with E-state index in [0.717, 1.165) is 6.07 Å². The average molecular weight is 275 g/mol. The van der Waals surface area contributed by atoms with E-state index in [0.29, 0.717) is 5.56 Å². The van der Waals surface area contributed by atoms with Crippen LogP contribution in [-0.2, 0) is 6.18 Å². The zero-order valence-corrected chi connectivity index (χ0v) is 9.66. The highest BCUT2D eigenvalue weighted by atomic mass is 35.5. The molecule has 7 heteroatoms. The molecule has 1 aromatic rings. The summed E-state index contributed by atoms with van der Waals surface area (Å²) in [6.45, 7) is 0.154. The molecule has 0 aliphatic carbocycles. The Morgan fingerprint density at radius 2 is 1.88 bits per heavy atom. The molecule has 0 bridgehead atoms. The predicted molar refractivity (Wildman–Crippen MR) is 59.7 cm³/mol. The van der Waals surface area contributed by atoms with Crippen LogP contribution in [0.2, 0.25) is 5.02 Å². The summed E-state index contributed by atoms with van der Waals surface area (Å²) in [6.07, 6.45) is -4.44. The second kappa shape index (κ2) is 5.72. The van der Waals surface area contributed by atoms with E-state index >= 15 is 0 Å². The zero-order valence-electron chi connectivity index (χ0n) is 8.09. The molecule has 1 aromatic carbocycles. The first kappa shape index (κ1) is 15.5. The van der Waals surface area contributed by atoms with Crippen LogP contribution in [0.1, 0.15) is 17.2 Å². The minimum atomic E-state index is -4.44. The molecule has 16 heavy (non-hydrogen) atoms. The topological polar surface area (TPSA) is 52.0 Å². The molecule has 1 atom stereocenters. The molecule has 0 amide bonds. The first-order valence-electron chi connectivity index (χ1n) is 4.18. The molecule has 0 fully saturated rings. The van der Waals surface area contributed by atoms with Crippen molar-refractivity contribution in [2.75, 3.05) is 6.54 Å². The highest BCUT2D eigenvalue weighted by molar-refractivity contribution is 6.31. The molecule has 0 radical (unpaired) electrons. The van der Waals surface area contributed by atoms with Crippen LogP contribution in [0.15, 0.2) is 18.2 Å². The Morgan fingerprint density at radius 3 is 2.25 bits per heavy atom. The third-order valence-corrected chi connectivity index (χ3v) is 2.29. The number of benzene rings is 1. The van der Waals surface area contributed by atoms with Gasteiger partial charge in [0.1, 0.15) is 0 Å². The van der Waals surface area contributed by atoms with E-state index in [2.05, 4.69) is 0 Å². The maximum Gasteiger partial charge on any atom is 0.417 e. The largest absolute Gasteiger partial charge is 0.417 e. The second-order valence-electron chi connectivity index (χ2n) is 3.08. The van der Waals surface area contributed by atoms with Gasteiger partial charge in [0.15, 0.2) is 0 Å². The van der Waals surface area contributed by atoms with Crippen LogP contribution >= 0.6 is 24.0 Å². The van der Waals surface area contributed by atoms with Gasteiger partial charge in [-0.1, -0.05) is 17.7 Å². The maximum absolute atomic E-state index is 12.3. The van der Waals surface area contributed by atoms with Crippen LogP contribution in [0.3, 0.4) is 0 Å². The summed E-state index contributed by atoms with van der Waals surface area (Å²) >= 11 is 5.50. The molecule has 4 N–H and O–H groups in total. The number of alkyl halides is 3. The van der Waals surface area contributed by atoms with Crippen molar-refractivity contribution in [1.82, 2.24) is 0 Å². The summed E-state index contributed by atoms with van der Waals surface area (Å²) < 4.78 is 37.0. The van der Waals surface area contributed by atoms with Crippen LogP contribution in [0.4, 0.5) is 13.2 Å². The van der Waals surface area contributed by atoms with Crippen molar-refractivity contribution >= 4 is 24.0 Å². The molecule has 0 unspecified atom stereocenters. The average Bonchev–Trinajstić information content (AvgIpc) is 2.14. The van der Waals surface area contributed by atoms with Gasteiger partial charge < -0.3 is 11.5 Å². The van der Waals surface area contributed by atoms with Gasteiger partial charge in [0.25, 0.3) is 0 Å². The van der Waals surface area contributed by atoms with Gasteiger partial charge >= 0.3 is 6.18 Å². The Kier molecular flexibility index (Phi) is 5.55. The molecule has 1 rings (SSSR count). The van der Waals surface area contributed by atoms with Gasteiger partial charge in [-0.15, -0.1) is 12.4 Å². The van der Waals surface area contributed by atoms with Gasteiger partial charge in [-0.25, -0.2) is 0 Å². The summed E-state index contributed by atoms with van der Waals surface area (Å²) in [5.74, 6) is 0. The molecule has 0 saturated carbocycles. The molecular formula is C9H11Cl2F3N2. The third-order valence-electron chi connectivity index (χ3n) is 1.98. The Bertz CT molecular complexity index is 355. The van der Waals surface area contributed by atoms with E-state index in [1.54, 1.807) is 0 Å². The lowest BCUT2D eigenvalue weighted by molar-refractivity contribution is -0.137. The minimum Gasteiger partial charge on any atom is -0.329 e. The van der Waals surface area contributed by atoms with Crippen molar-refractivity contribution in [2.45, 2.75) is 12.2 Å². The minimum absolute atomic E-state index is 0. The lowest BCUT2D eigenvalue weighted by Crippen LogP contribution is -2.21. The molecule has 2 nitrogen and oxygen atoms in total. The Hall–Kier alpha value is -0.490. The summed E-state index contributed by atoms with van der Waals surface area (Å²) in [7, 11) is 0. The maximum atomic E-state index is 12.3. The molecule has 0 aliphatic rings. The molecule has 0 aliphatic heterocycles. The van der Waals surface area contributed by atoms with E-state index in [-0.39, 0.29) is 24.0 Å². The van der Waals surface area contributed by atoms with Crippen molar-refractivity contribution in [2.24, 2.45) is 11.5 Å². The fourth-order valence-electron chi connectivity index (χ4n) is 1.13. The monoisotopic (exact) mass is 274 g/mol. The van der Waals surface area contributed by atoms with Crippen LogP contribution < -0.4 is 11.5 Å². The Labute approximate surface area is 102 Å². The highest BCUT2D eigenvalue weighted by Crippen LogP contribution is 2.35. The summed E-state index contributed by atoms with van der Waals surface area (Å²) in [6, 6.07) is 2.89. The van der Waals surface area contributed by atoms with Crippen LogP contribution in [0.5, 0.6) is 0 Å². The number of halogens is 5. The summed E-state index contributed by atoms with van der Waals surface area (Å²) in [5, 5.41) is -0.357. The van der Waals surface area contributed by atoms with E-state index in [9.17, 15) is 13.2 Å². The molecule has 0 spiro atoms. The Morgan fingerprint density at radius 1 is 1.31 bits per heavy atom. The fraction of sp³-hybridized carbons (Fsp3) is 0.333. The Balaban J connectivity index is 0.00000225. The van der Waals surface area contributed by atoms with Crippen LogP contribution in [0.25, 0.3) is 0 Å². The van der Waals surface area contributed by atoms with Gasteiger partial charge in [0, 0.05) is 12.6 Å². The van der Waals surface area contributed by atoms with Gasteiger partial charge in [-0.3, -0.25) is 0 Å². The molecular weight excluding hydrogens is 264 g/mol. The molecule has 0 aromatic heterocycles. The number of hydrogen-bond donors (Lipinski definition) is 2. The number of rotatable bonds is 2. The normalized spacial score (nSPS) is 13.1. The predicted octanol–water partition coefficient (Wildman–Crippen LogP) is 2.74. The van der Waals surface area contributed by atoms with E-state index in [4.69, 9.17) is 23.1 Å². The molecule has 92 valence electrons. The zero-order chi connectivity index (χ0) is 11.6. The second-order valence-corrected chi connectivity index (χ2v) is 3.49. The fourth-order valence-corrected chi connectivity index (χ4v) is 1.42. The van der Waals surface area contributed by atoms with Crippen molar-refractivity contribution in [3.05, 3.63) is 34.3 Å². The molecule has 0 saturated heterocycles. The quantitative estimate of drug-likeness (QED) is 0.871. The standard InChI is InChI=1S/C9H10ClF3N2.ClH/c10-7-3-5(8(15)4-14)1-2-6(7)9(11,12)13;/h1-3,8H,4,14-15H2;1H/t8-;/m1./s1. The van der Waals surface area contributed by atoms with Gasteiger partial charge in [0.2, 0.25) is 0 Å². The first-order chi connectivity index (χ1) is 6.86. The van der Waals surface area contributed by atoms with Crippen LogP contribution in [0, 0.1) is 0 Å². The van der Waals surface area contributed by atoms with Gasteiger partial charge in [0.05, 0.1) is 10.6 Å². The van der Waals surface area contributed by atoms with E-state index < -0.39 is 17.8 Å². The lowest BCUT2D eigenvalue weighted by atomic mass is 10.1. The van der Waals surface area contributed by atoms with Crippen LogP contribution in [-0.4, -0.2) is 6.54 Å². The van der Waals surface area contributed by atoms with Crippen molar-refractivity contribution in [3.63, 3.8) is 0 Å². The SMILES string of the molecule is Cl.NC[C@@H](N)c1ccc(C(F)(F)F)c(Cl)c1. The van der Waals surface area contributed by atoms with Gasteiger partial charge in [-0.05, 0) is 17.7 Å². The van der Waals surface area contributed by atoms with Crippen molar-refractivity contribution in [1.29, 1.82) is 0 Å². The van der Waals surface area contributed by atoms with Crippen molar-refractivity contribution < 1.29 is 13.2 Å². The highest BCUT2D eigenvalue weighted by Gasteiger charge is 2.33. The number of nitrogens with two attached hydrogens (primary N) is 2.